The second-order valence-corrected chi connectivity index (χ2v) is 5.05. The van der Waals surface area contributed by atoms with E-state index in [1.165, 1.54) is 19.3 Å². The van der Waals surface area contributed by atoms with Crippen LogP contribution in [0.5, 0.6) is 5.75 Å². The van der Waals surface area contributed by atoms with Crippen molar-refractivity contribution in [2.45, 2.75) is 25.8 Å². The summed E-state index contributed by atoms with van der Waals surface area (Å²) in [5.74, 6) is 0.662. The van der Waals surface area contributed by atoms with Crippen LogP contribution in [0.3, 0.4) is 0 Å². The van der Waals surface area contributed by atoms with Gasteiger partial charge in [0.2, 0.25) is 0 Å². The number of anilines is 1. The first-order valence-electron chi connectivity index (χ1n) is 6.85. The highest BCUT2D eigenvalue weighted by molar-refractivity contribution is 5.95. The lowest BCUT2D eigenvalue weighted by molar-refractivity contribution is -0.118. The van der Waals surface area contributed by atoms with E-state index in [0.29, 0.717) is 0 Å². The van der Waals surface area contributed by atoms with E-state index in [1.807, 2.05) is 18.2 Å². The molecule has 1 fully saturated rings. The molecule has 0 atom stereocenters. The number of hydrogen-bond donors (Lipinski definition) is 2. The largest absolute Gasteiger partial charge is 0.482 e. The number of nitrogens with zero attached hydrogens (tertiary/aromatic N) is 1. The Bertz CT molecular complexity index is 470. The minimum absolute atomic E-state index is 0.0892. The standard InChI is InChI=1S/C14H19N3O2/c18-14-10-19-13-5-4-11(8-12(13)16-14)9-15-17-6-2-1-3-7-17/h4-5,8,15H,1-3,6-7,9-10H2,(H,16,18). The Morgan fingerprint density at radius 1 is 1.26 bits per heavy atom. The van der Waals surface area contributed by atoms with Crippen molar-refractivity contribution in [2.75, 3.05) is 25.0 Å². The molecule has 2 aliphatic heterocycles. The highest BCUT2D eigenvalue weighted by Gasteiger charge is 2.16. The zero-order valence-electron chi connectivity index (χ0n) is 10.9. The number of amides is 1. The molecule has 1 aromatic rings. The van der Waals surface area contributed by atoms with Crippen molar-refractivity contribution in [2.24, 2.45) is 0 Å². The Labute approximate surface area is 112 Å². The van der Waals surface area contributed by atoms with Gasteiger partial charge in [0.15, 0.2) is 6.61 Å². The van der Waals surface area contributed by atoms with Crippen LogP contribution in [-0.2, 0) is 11.3 Å². The van der Waals surface area contributed by atoms with Crippen LogP contribution in [0.2, 0.25) is 0 Å². The molecule has 2 heterocycles. The van der Waals surface area contributed by atoms with Crippen LogP contribution in [0.4, 0.5) is 5.69 Å². The average molecular weight is 261 g/mol. The Morgan fingerprint density at radius 3 is 2.95 bits per heavy atom. The number of carbonyl (C=O) groups is 1. The third-order valence-electron chi connectivity index (χ3n) is 3.54. The molecule has 3 rings (SSSR count). The van der Waals surface area contributed by atoms with Crippen LogP contribution in [0.1, 0.15) is 24.8 Å². The fourth-order valence-corrected chi connectivity index (χ4v) is 2.50. The van der Waals surface area contributed by atoms with Gasteiger partial charge in [-0.05, 0) is 30.5 Å². The van der Waals surface area contributed by atoms with Gasteiger partial charge in [-0.15, -0.1) is 0 Å². The normalized spacial score (nSPS) is 19.5. The topological polar surface area (TPSA) is 53.6 Å². The van der Waals surface area contributed by atoms with Crippen LogP contribution >= 0.6 is 0 Å². The number of carbonyl (C=O) groups excluding carboxylic acids is 1. The van der Waals surface area contributed by atoms with Crippen LogP contribution in [-0.4, -0.2) is 30.6 Å². The minimum atomic E-state index is -0.0892. The van der Waals surface area contributed by atoms with E-state index in [0.717, 1.165) is 36.6 Å². The predicted octanol–water partition coefficient (Wildman–Crippen LogP) is 1.51. The summed E-state index contributed by atoms with van der Waals surface area (Å²) in [5.41, 5.74) is 5.36. The molecule has 19 heavy (non-hydrogen) atoms. The maximum absolute atomic E-state index is 11.3. The fourth-order valence-electron chi connectivity index (χ4n) is 2.50. The molecule has 102 valence electrons. The smallest absolute Gasteiger partial charge is 0.262 e. The summed E-state index contributed by atoms with van der Waals surface area (Å²) in [6.45, 7) is 3.12. The number of ether oxygens (including phenoxy) is 1. The summed E-state index contributed by atoms with van der Waals surface area (Å²) in [4.78, 5) is 11.3. The maximum Gasteiger partial charge on any atom is 0.262 e. The third-order valence-corrected chi connectivity index (χ3v) is 3.54. The van der Waals surface area contributed by atoms with Gasteiger partial charge in [-0.3, -0.25) is 10.2 Å². The van der Waals surface area contributed by atoms with Crippen molar-refractivity contribution in [1.82, 2.24) is 10.4 Å². The lowest BCUT2D eigenvalue weighted by Crippen LogP contribution is -2.41. The van der Waals surface area contributed by atoms with E-state index in [9.17, 15) is 4.79 Å². The van der Waals surface area contributed by atoms with Crippen molar-refractivity contribution >= 4 is 11.6 Å². The van der Waals surface area contributed by atoms with Crippen LogP contribution in [0, 0.1) is 0 Å². The number of piperidine rings is 1. The molecule has 0 spiro atoms. The van der Waals surface area contributed by atoms with Crippen LogP contribution in [0.25, 0.3) is 0 Å². The minimum Gasteiger partial charge on any atom is -0.482 e. The Balaban J connectivity index is 1.61. The van der Waals surface area contributed by atoms with Crippen LogP contribution in [0.15, 0.2) is 18.2 Å². The van der Waals surface area contributed by atoms with Crippen molar-refractivity contribution in [3.8, 4) is 5.75 Å². The number of benzene rings is 1. The monoisotopic (exact) mass is 261 g/mol. The summed E-state index contributed by atoms with van der Waals surface area (Å²) >= 11 is 0. The predicted molar refractivity (Wildman–Crippen MR) is 72.8 cm³/mol. The second-order valence-electron chi connectivity index (χ2n) is 5.05. The molecule has 2 aliphatic rings. The number of hydrogen-bond acceptors (Lipinski definition) is 4. The Kier molecular flexibility index (Phi) is 3.66. The van der Waals surface area contributed by atoms with Gasteiger partial charge in [-0.2, -0.15) is 0 Å². The Morgan fingerprint density at radius 2 is 2.11 bits per heavy atom. The van der Waals surface area contributed by atoms with Gasteiger partial charge in [0.25, 0.3) is 5.91 Å². The van der Waals surface area contributed by atoms with Gasteiger partial charge >= 0.3 is 0 Å². The SMILES string of the molecule is O=C1COc2ccc(CNN3CCCCC3)cc2N1. The van der Waals surface area contributed by atoms with E-state index in [4.69, 9.17) is 4.74 Å². The molecule has 0 unspecified atom stereocenters. The number of fused-ring (bicyclic) bond motifs is 1. The van der Waals surface area contributed by atoms with E-state index < -0.39 is 0 Å². The summed E-state index contributed by atoms with van der Waals surface area (Å²) < 4.78 is 5.34. The average Bonchev–Trinajstić information content (AvgIpc) is 2.46. The molecule has 5 nitrogen and oxygen atoms in total. The van der Waals surface area contributed by atoms with Gasteiger partial charge < -0.3 is 10.1 Å². The summed E-state index contributed by atoms with van der Waals surface area (Å²) in [6.07, 6.45) is 3.86. The quantitative estimate of drug-likeness (QED) is 0.866. The first-order chi connectivity index (χ1) is 9.31. The zero-order valence-corrected chi connectivity index (χ0v) is 10.9. The first-order valence-corrected chi connectivity index (χ1v) is 6.85. The molecular weight excluding hydrogens is 242 g/mol. The van der Waals surface area contributed by atoms with Crippen LogP contribution < -0.4 is 15.5 Å². The first kappa shape index (κ1) is 12.4. The molecular formula is C14H19N3O2. The summed E-state index contributed by atoms with van der Waals surface area (Å²) in [6, 6.07) is 5.93. The van der Waals surface area contributed by atoms with Gasteiger partial charge in [0, 0.05) is 19.6 Å². The van der Waals surface area contributed by atoms with Crippen molar-refractivity contribution in [1.29, 1.82) is 0 Å². The van der Waals surface area contributed by atoms with Crippen molar-refractivity contribution < 1.29 is 9.53 Å². The highest BCUT2D eigenvalue weighted by Crippen LogP contribution is 2.28. The van der Waals surface area contributed by atoms with Gasteiger partial charge in [-0.25, -0.2) is 5.01 Å². The number of nitrogens with one attached hydrogen (secondary N) is 2. The molecule has 0 saturated carbocycles. The zero-order chi connectivity index (χ0) is 13.1. The summed E-state index contributed by atoms with van der Waals surface area (Å²) in [5, 5.41) is 5.11. The summed E-state index contributed by atoms with van der Waals surface area (Å²) in [7, 11) is 0. The molecule has 0 radical (unpaired) electrons. The molecule has 2 N–H and O–H groups in total. The van der Waals surface area contributed by atoms with E-state index in [-0.39, 0.29) is 12.5 Å². The number of rotatable bonds is 3. The molecule has 0 aromatic heterocycles. The molecule has 1 saturated heterocycles. The lowest BCUT2D eigenvalue weighted by atomic mass is 10.1. The van der Waals surface area contributed by atoms with Crippen molar-refractivity contribution in [3.05, 3.63) is 23.8 Å². The second kappa shape index (κ2) is 5.59. The van der Waals surface area contributed by atoms with E-state index in [1.54, 1.807) is 0 Å². The van der Waals surface area contributed by atoms with E-state index >= 15 is 0 Å². The van der Waals surface area contributed by atoms with Crippen molar-refractivity contribution in [3.63, 3.8) is 0 Å². The molecule has 0 bridgehead atoms. The van der Waals surface area contributed by atoms with Gasteiger partial charge in [0.1, 0.15) is 5.75 Å². The molecule has 5 heteroatoms. The van der Waals surface area contributed by atoms with E-state index in [2.05, 4.69) is 15.8 Å². The fraction of sp³-hybridized carbons (Fsp3) is 0.500. The third kappa shape index (κ3) is 3.05. The molecule has 1 amide bonds. The number of hydrazine groups is 1. The van der Waals surface area contributed by atoms with Gasteiger partial charge in [0.05, 0.1) is 5.69 Å². The highest BCUT2D eigenvalue weighted by atomic mass is 16.5. The Hall–Kier alpha value is -1.59. The maximum atomic E-state index is 11.3. The van der Waals surface area contributed by atoms with Gasteiger partial charge in [-0.1, -0.05) is 12.5 Å². The lowest BCUT2D eigenvalue weighted by Gasteiger charge is -2.27. The molecule has 0 aliphatic carbocycles. The molecule has 1 aromatic carbocycles.